The molecule has 0 aromatic heterocycles. The van der Waals surface area contributed by atoms with Crippen LogP contribution in [0.1, 0.15) is 130 Å². The van der Waals surface area contributed by atoms with Gasteiger partial charge in [0.2, 0.25) is 17.6 Å². The number of ketones is 1. The fourth-order valence-electron chi connectivity index (χ4n) is 7.78. The molecule has 0 spiro atoms. The van der Waals surface area contributed by atoms with Gasteiger partial charge in [-0.1, -0.05) is 83.2 Å². The minimum atomic E-state index is -2.34. The molecule has 12 nitrogen and oxygen atoms in total. The molecule has 13 heteroatoms. The molecule has 262 valence electrons. The SMILES string of the molecule is CCCC[C@H](NC(=O)[C@@H]1CCCN1C(=O)[C@@H](NC(O)NC1([C@@H](C)S(=O)[O-])CCCCC1)C1(C)CCCCC1)C(=O)C(=O)NC1CC1. The second-order valence-electron chi connectivity index (χ2n) is 14.5. The Morgan fingerprint density at radius 3 is 2.20 bits per heavy atom. The Hall–Kier alpha value is -1.93. The lowest BCUT2D eigenvalue weighted by atomic mass is 9.70. The number of hydrogen-bond donors (Lipinski definition) is 5. The predicted octanol–water partition coefficient (Wildman–Crippen LogP) is 2.26. The van der Waals surface area contributed by atoms with Crippen LogP contribution in [0.5, 0.6) is 0 Å². The van der Waals surface area contributed by atoms with Gasteiger partial charge in [-0.2, -0.15) is 0 Å². The van der Waals surface area contributed by atoms with E-state index in [2.05, 4.69) is 21.3 Å². The summed E-state index contributed by atoms with van der Waals surface area (Å²) in [6.07, 6.45) is 11.6. The van der Waals surface area contributed by atoms with E-state index in [1.807, 2.05) is 13.8 Å². The first-order valence-electron chi connectivity index (χ1n) is 17.7. The summed E-state index contributed by atoms with van der Waals surface area (Å²) in [6.45, 7) is 6.04. The molecule has 0 aromatic carbocycles. The van der Waals surface area contributed by atoms with Gasteiger partial charge in [0, 0.05) is 23.4 Å². The zero-order valence-corrected chi connectivity index (χ0v) is 28.8. The number of nitrogens with one attached hydrogen (secondary N) is 4. The normalized spacial score (nSPS) is 25.9. The van der Waals surface area contributed by atoms with E-state index in [0.717, 1.165) is 70.6 Å². The van der Waals surface area contributed by atoms with Crippen molar-refractivity contribution in [3.05, 3.63) is 0 Å². The standard InChI is InChI=1S/C33H57N5O7S/c1-4-5-13-24(26(39)29(41)34-23-15-16-23)35-28(40)25-14-12-21-38(25)30(42)27(32(3)17-8-6-9-18-32)36-31(43)37-33(22(2)46(44)45)19-10-7-11-20-33/h22-25,27,31,36-37,43H,4-21H2,1-3H3,(H,34,41)(H,35,40)(H,44,45)/p-1/t22-,24+,25+,27-,31?/m1/s1. The van der Waals surface area contributed by atoms with E-state index in [1.54, 1.807) is 11.8 Å². The number of aliphatic hydroxyl groups excluding tert-OH is 1. The van der Waals surface area contributed by atoms with E-state index in [-0.39, 0.29) is 11.9 Å². The maximum absolute atomic E-state index is 14.5. The summed E-state index contributed by atoms with van der Waals surface area (Å²) in [7, 11) is 0. The zero-order chi connectivity index (χ0) is 33.5. The molecule has 4 fully saturated rings. The molecule has 3 aliphatic carbocycles. The van der Waals surface area contributed by atoms with E-state index in [4.69, 9.17) is 0 Å². The molecule has 46 heavy (non-hydrogen) atoms. The van der Waals surface area contributed by atoms with Crippen LogP contribution in [0.3, 0.4) is 0 Å². The minimum absolute atomic E-state index is 0.0241. The van der Waals surface area contributed by atoms with E-state index in [1.165, 1.54) is 0 Å². The van der Waals surface area contributed by atoms with Crippen molar-refractivity contribution in [1.29, 1.82) is 0 Å². The van der Waals surface area contributed by atoms with Crippen LogP contribution >= 0.6 is 0 Å². The highest BCUT2D eigenvalue weighted by molar-refractivity contribution is 7.79. The third kappa shape index (κ3) is 9.15. The molecule has 4 aliphatic rings. The van der Waals surface area contributed by atoms with Gasteiger partial charge in [-0.15, -0.1) is 0 Å². The summed E-state index contributed by atoms with van der Waals surface area (Å²) in [5.41, 5.74) is -1.31. The number of unbranched alkanes of at least 4 members (excludes halogenated alkanes) is 1. The number of likely N-dealkylation sites (tertiary alicyclic amines) is 1. The molecule has 0 bridgehead atoms. The molecule has 3 saturated carbocycles. The second kappa shape index (κ2) is 16.5. The summed E-state index contributed by atoms with van der Waals surface area (Å²) in [5.74, 6) is -2.06. The summed E-state index contributed by atoms with van der Waals surface area (Å²) >= 11 is -2.34. The first kappa shape index (κ1) is 36.9. The topological polar surface area (TPSA) is 180 Å². The number of hydrogen-bond acceptors (Lipinski definition) is 9. The minimum Gasteiger partial charge on any atom is -0.772 e. The highest BCUT2D eigenvalue weighted by Crippen LogP contribution is 2.41. The molecule has 1 aliphatic heterocycles. The number of rotatable bonds is 16. The maximum Gasteiger partial charge on any atom is 0.289 e. The number of carbonyl (C=O) groups is 4. The van der Waals surface area contributed by atoms with E-state index < -0.39 is 69.4 Å². The Bertz CT molecular complexity index is 1110. The van der Waals surface area contributed by atoms with Crippen LogP contribution in [0.2, 0.25) is 0 Å². The quantitative estimate of drug-likeness (QED) is 0.0938. The van der Waals surface area contributed by atoms with Crippen molar-refractivity contribution in [3.8, 4) is 0 Å². The summed E-state index contributed by atoms with van der Waals surface area (Å²) in [6, 6.07) is -2.56. The fourth-order valence-corrected chi connectivity index (χ4v) is 8.45. The fraction of sp³-hybridized carbons (Fsp3) is 0.879. The van der Waals surface area contributed by atoms with Gasteiger partial charge >= 0.3 is 0 Å². The third-order valence-corrected chi connectivity index (χ3v) is 12.0. The van der Waals surface area contributed by atoms with Crippen LogP contribution in [-0.4, -0.2) is 90.1 Å². The van der Waals surface area contributed by atoms with Crippen molar-refractivity contribution in [3.63, 3.8) is 0 Å². The van der Waals surface area contributed by atoms with Crippen LogP contribution in [0.15, 0.2) is 0 Å². The molecule has 0 aromatic rings. The van der Waals surface area contributed by atoms with Gasteiger partial charge in [-0.25, -0.2) is 0 Å². The Kier molecular flexibility index (Phi) is 13.2. The van der Waals surface area contributed by atoms with Gasteiger partial charge in [-0.05, 0) is 63.2 Å². The number of aliphatic hydroxyl groups is 1. The number of amides is 3. The van der Waals surface area contributed by atoms with Crippen molar-refractivity contribution < 1.29 is 33.0 Å². The highest BCUT2D eigenvalue weighted by atomic mass is 32.2. The molecular formula is C33H56N5O7S-. The monoisotopic (exact) mass is 666 g/mol. The van der Waals surface area contributed by atoms with Crippen molar-refractivity contribution in [2.75, 3.05) is 6.54 Å². The predicted molar refractivity (Wildman–Crippen MR) is 174 cm³/mol. The van der Waals surface area contributed by atoms with Crippen LogP contribution in [-0.2, 0) is 30.3 Å². The molecule has 2 unspecified atom stereocenters. The molecule has 6 atom stereocenters. The summed E-state index contributed by atoms with van der Waals surface area (Å²) < 4.78 is 24.1. The van der Waals surface area contributed by atoms with E-state index in [9.17, 15) is 33.0 Å². The molecule has 3 amide bonds. The molecule has 1 saturated heterocycles. The first-order chi connectivity index (χ1) is 21.9. The van der Waals surface area contributed by atoms with Gasteiger partial charge in [0.25, 0.3) is 5.91 Å². The Morgan fingerprint density at radius 1 is 0.978 bits per heavy atom. The van der Waals surface area contributed by atoms with Crippen molar-refractivity contribution in [2.45, 2.75) is 171 Å². The Balaban J connectivity index is 1.51. The zero-order valence-electron chi connectivity index (χ0n) is 27.9. The molecule has 0 radical (unpaired) electrons. The van der Waals surface area contributed by atoms with Crippen molar-refractivity contribution in [2.24, 2.45) is 5.41 Å². The van der Waals surface area contributed by atoms with Gasteiger partial charge < -0.3 is 25.2 Å². The van der Waals surface area contributed by atoms with Crippen LogP contribution in [0, 0.1) is 5.41 Å². The lowest BCUT2D eigenvalue weighted by Crippen LogP contribution is -2.67. The largest absolute Gasteiger partial charge is 0.772 e. The van der Waals surface area contributed by atoms with Crippen molar-refractivity contribution >= 4 is 34.6 Å². The van der Waals surface area contributed by atoms with Gasteiger partial charge in [0.05, 0.1) is 12.1 Å². The van der Waals surface area contributed by atoms with Gasteiger partial charge in [0.1, 0.15) is 6.04 Å². The van der Waals surface area contributed by atoms with E-state index in [0.29, 0.717) is 45.1 Å². The average Bonchev–Trinajstić information content (AvgIpc) is 3.71. The highest BCUT2D eigenvalue weighted by Gasteiger charge is 2.47. The molecule has 4 rings (SSSR count). The Morgan fingerprint density at radius 2 is 1.61 bits per heavy atom. The maximum atomic E-state index is 14.5. The third-order valence-electron chi connectivity index (χ3n) is 11.0. The average molecular weight is 667 g/mol. The van der Waals surface area contributed by atoms with Gasteiger partial charge in [-0.3, -0.25) is 34.0 Å². The summed E-state index contributed by atoms with van der Waals surface area (Å²) in [5, 5.41) is 22.6. The smallest absolute Gasteiger partial charge is 0.289 e. The van der Waals surface area contributed by atoms with Crippen LogP contribution in [0.4, 0.5) is 0 Å². The summed E-state index contributed by atoms with van der Waals surface area (Å²) in [4.78, 5) is 55.4. The lowest BCUT2D eigenvalue weighted by molar-refractivity contribution is -0.146. The van der Waals surface area contributed by atoms with Crippen molar-refractivity contribution in [1.82, 2.24) is 26.2 Å². The van der Waals surface area contributed by atoms with E-state index >= 15 is 0 Å². The lowest BCUT2D eigenvalue weighted by Gasteiger charge is -2.47. The second-order valence-corrected chi connectivity index (χ2v) is 15.7. The van der Waals surface area contributed by atoms with Crippen LogP contribution < -0.4 is 21.3 Å². The van der Waals surface area contributed by atoms with Crippen LogP contribution in [0.25, 0.3) is 0 Å². The molecular weight excluding hydrogens is 610 g/mol. The van der Waals surface area contributed by atoms with Gasteiger partial charge in [0.15, 0.2) is 6.35 Å². The Labute approximate surface area is 276 Å². The first-order valence-corrected chi connectivity index (χ1v) is 18.8. The number of Topliss-reactive ketones (excluding diaryl/α,β-unsaturated/α-hetero) is 1. The number of carbonyl (C=O) groups excluding carboxylic acids is 4. The number of nitrogens with zero attached hydrogens (tertiary/aromatic N) is 1. The molecule has 1 heterocycles. The molecule has 5 N–H and O–H groups in total.